The molecule has 3 heterocycles. The lowest BCUT2D eigenvalue weighted by molar-refractivity contribution is -0.117. The van der Waals surface area contributed by atoms with Crippen molar-refractivity contribution in [2.45, 2.75) is 25.3 Å². The second-order valence-corrected chi connectivity index (χ2v) is 6.18. The van der Waals surface area contributed by atoms with Crippen molar-refractivity contribution in [2.24, 2.45) is 0 Å². The number of nitrogens with zero attached hydrogens (tertiary/aromatic N) is 3. The summed E-state index contributed by atoms with van der Waals surface area (Å²) in [6, 6.07) is 5.54. The molecule has 1 fully saturated rings. The Kier molecular flexibility index (Phi) is 2.53. The van der Waals surface area contributed by atoms with Gasteiger partial charge in [-0.25, -0.2) is 4.79 Å². The van der Waals surface area contributed by atoms with Gasteiger partial charge in [0.05, 0.1) is 24.5 Å². The number of amides is 2. The topological polar surface area (TPSA) is 53.1 Å². The van der Waals surface area contributed by atoms with E-state index in [1.165, 1.54) is 0 Å². The van der Waals surface area contributed by atoms with Crippen molar-refractivity contribution in [3.8, 4) is 0 Å². The first kappa shape index (κ1) is 11.3. The summed E-state index contributed by atoms with van der Waals surface area (Å²) in [7, 11) is 0. The number of likely N-dealkylation sites (N-methyl/N-ethyl adjacent to an activating group) is 1. The van der Waals surface area contributed by atoms with E-state index in [1.54, 1.807) is 24.0 Å². The fourth-order valence-electron chi connectivity index (χ4n) is 4.05. The molecule has 2 atom stereocenters. The molecule has 6 heteroatoms. The van der Waals surface area contributed by atoms with Crippen LogP contribution < -0.4 is 9.80 Å². The highest BCUT2D eigenvalue weighted by atomic mass is 16.6. The van der Waals surface area contributed by atoms with E-state index in [0.29, 0.717) is 25.4 Å². The van der Waals surface area contributed by atoms with E-state index in [4.69, 9.17) is 8.85 Å². The molecule has 4 rings (SSSR count). The summed E-state index contributed by atoms with van der Waals surface area (Å²) in [6.07, 6.45) is 0.399. The highest BCUT2D eigenvalue weighted by molar-refractivity contribution is 6.04. The van der Waals surface area contributed by atoms with Crippen LogP contribution in [0.4, 0.5) is 16.2 Å². The largest absolute Gasteiger partial charge is 0.450 e. The maximum Gasteiger partial charge on any atom is 0.409 e. The average Bonchev–Trinajstić information content (AvgIpc) is 2.89. The monoisotopic (exact) mass is 318 g/mol. The first-order valence-electron chi connectivity index (χ1n) is 9.47. The Hall–Kier alpha value is -2.24. The van der Waals surface area contributed by atoms with Crippen LogP contribution in [0.5, 0.6) is 0 Å². The Morgan fingerprint density at radius 2 is 2.35 bits per heavy atom. The predicted octanol–water partition coefficient (Wildman–Crippen LogP) is 1.80. The summed E-state index contributed by atoms with van der Waals surface area (Å²) in [6.45, 7) is 0.737. The highest BCUT2D eigenvalue weighted by Crippen LogP contribution is 2.50. The first-order chi connectivity index (χ1) is 12.3. The zero-order valence-electron chi connectivity index (χ0n) is 16.0. The van der Waals surface area contributed by atoms with E-state index in [2.05, 4.69) is 0 Å². The van der Waals surface area contributed by atoms with Crippen LogP contribution in [-0.4, -0.2) is 56.2 Å². The van der Waals surface area contributed by atoms with Gasteiger partial charge in [-0.3, -0.25) is 4.79 Å². The van der Waals surface area contributed by atoms with Crippen LogP contribution in [0.1, 0.15) is 28.9 Å². The summed E-state index contributed by atoms with van der Waals surface area (Å²) in [5, 5.41) is 0. The molecule has 0 N–H and O–H groups in total. The van der Waals surface area contributed by atoms with E-state index in [0.717, 1.165) is 22.6 Å². The number of rotatable bonds is 1. The minimum Gasteiger partial charge on any atom is -0.450 e. The molecular formula is C17H21N3O3. The number of anilines is 2. The van der Waals surface area contributed by atoms with Gasteiger partial charge in [-0.2, -0.15) is 0 Å². The summed E-state index contributed by atoms with van der Waals surface area (Å²) >= 11 is 0. The highest BCUT2D eigenvalue weighted by Gasteiger charge is 2.47. The maximum absolute atomic E-state index is 12.6. The van der Waals surface area contributed by atoms with E-state index in [-0.39, 0.29) is 24.6 Å². The SMILES string of the molecule is [2H]C([2H])([2H])N1C(=O)CN2c3c(cccc31)[C@@H]1CN(C(=O)OCC)CC[C@@H]12. The van der Waals surface area contributed by atoms with Gasteiger partial charge in [0, 0.05) is 36.1 Å². The van der Waals surface area contributed by atoms with Crippen LogP contribution in [0, 0.1) is 0 Å². The minimum atomic E-state index is -2.51. The lowest BCUT2D eigenvalue weighted by Gasteiger charge is -2.40. The van der Waals surface area contributed by atoms with Crippen molar-refractivity contribution >= 4 is 23.4 Å². The van der Waals surface area contributed by atoms with Crippen molar-refractivity contribution in [1.82, 2.24) is 4.90 Å². The van der Waals surface area contributed by atoms with Gasteiger partial charge in [-0.05, 0) is 25.0 Å². The van der Waals surface area contributed by atoms with Gasteiger partial charge in [-0.1, -0.05) is 12.1 Å². The number of benzene rings is 1. The molecule has 0 saturated carbocycles. The lowest BCUT2D eigenvalue weighted by Crippen LogP contribution is -2.52. The molecule has 0 aromatic heterocycles. The molecule has 3 aliphatic rings. The Morgan fingerprint density at radius 1 is 1.48 bits per heavy atom. The first-order valence-corrected chi connectivity index (χ1v) is 7.97. The molecule has 0 spiro atoms. The molecular weight excluding hydrogens is 294 g/mol. The van der Waals surface area contributed by atoms with Crippen molar-refractivity contribution in [1.29, 1.82) is 0 Å². The van der Waals surface area contributed by atoms with Crippen LogP contribution >= 0.6 is 0 Å². The molecule has 1 saturated heterocycles. The predicted molar refractivity (Wildman–Crippen MR) is 86.9 cm³/mol. The number of hydrogen-bond acceptors (Lipinski definition) is 4. The smallest absolute Gasteiger partial charge is 0.409 e. The molecule has 1 aromatic carbocycles. The zero-order chi connectivity index (χ0) is 18.6. The number of ether oxygens (including phenoxy) is 1. The molecule has 6 nitrogen and oxygen atoms in total. The Morgan fingerprint density at radius 3 is 3.13 bits per heavy atom. The molecule has 0 unspecified atom stereocenters. The van der Waals surface area contributed by atoms with Crippen LogP contribution in [-0.2, 0) is 9.53 Å². The Balaban J connectivity index is 1.73. The van der Waals surface area contributed by atoms with Crippen molar-refractivity contribution < 1.29 is 18.4 Å². The quantitative estimate of drug-likeness (QED) is 0.792. The van der Waals surface area contributed by atoms with Gasteiger partial charge in [-0.15, -0.1) is 0 Å². The summed E-state index contributed by atoms with van der Waals surface area (Å²) in [4.78, 5) is 29.3. The van der Waals surface area contributed by atoms with Gasteiger partial charge in [0.2, 0.25) is 5.91 Å². The van der Waals surface area contributed by atoms with Crippen LogP contribution in [0.3, 0.4) is 0 Å². The van der Waals surface area contributed by atoms with Crippen LogP contribution in [0.2, 0.25) is 0 Å². The standard InChI is InChI=1S/C17H21N3O3/c1-3-23-17(22)19-8-7-13-12(9-19)11-5-4-6-14-16(11)20(13)10-15(21)18(14)2/h4-6,12-13H,3,7-10H2,1-2H3/t12-,13-/m0/s1/i2D3. The summed E-state index contributed by atoms with van der Waals surface area (Å²) in [5.41, 5.74) is 2.27. The van der Waals surface area contributed by atoms with E-state index in [1.807, 2.05) is 11.0 Å². The summed E-state index contributed by atoms with van der Waals surface area (Å²) < 4.78 is 28.3. The number of fused-ring (bicyclic) bond motifs is 3. The third kappa shape index (κ3) is 2.00. The number of piperidine rings is 1. The van der Waals surface area contributed by atoms with Crippen LogP contribution in [0.15, 0.2) is 18.2 Å². The minimum absolute atomic E-state index is 0.0486. The van der Waals surface area contributed by atoms with Gasteiger partial charge in [0.1, 0.15) is 0 Å². The van der Waals surface area contributed by atoms with E-state index >= 15 is 0 Å². The average molecular weight is 318 g/mol. The van der Waals surface area contributed by atoms with Crippen LogP contribution in [0.25, 0.3) is 0 Å². The second kappa shape index (κ2) is 5.15. The van der Waals surface area contributed by atoms with Gasteiger partial charge in [0.15, 0.2) is 0 Å². The zero-order valence-corrected chi connectivity index (χ0v) is 13.0. The molecule has 2 amide bonds. The number of carbonyl (C=O) groups is 2. The van der Waals surface area contributed by atoms with Gasteiger partial charge in [0.25, 0.3) is 0 Å². The molecule has 0 bridgehead atoms. The molecule has 23 heavy (non-hydrogen) atoms. The fourth-order valence-corrected chi connectivity index (χ4v) is 4.05. The number of hydrogen-bond donors (Lipinski definition) is 0. The fraction of sp³-hybridized carbons (Fsp3) is 0.529. The van der Waals surface area contributed by atoms with E-state index < -0.39 is 12.9 Å². The number of para-hydroxylation sites is 1. The molecule has 3 aliphatic heterocycles. The third-order valence-corrected chi connectivity index (χ3v) is 5.03. The second-order valence-electron chi connectivity index (χ2n) is 6.18. The summed E-state index contributed by atoms with van der Waals surface area (Å²) in [5.74, 6) is -0.365. The van der Waals surface area contributed by atoms with Crippen molar-refractivity contribution in [3.63, 3.8) is 0 Å². The third-order valence-electron chi connectivity index (χ3n) is 5.03. The normalized spacial score (nSPS) is 27.8. The Bertz CT molecular complexity index is 767. The molecule has 0 radical (unpaired) electrons. The molecule has 122 valence electrons. The van der Waals surface area contributed by atoms with Gasteiger partial charge < -0.3 is 19.4 Å². The maximum atomic E-state index is 12.6. The molecule has 1 aromatic rings. The number of carbonyl (C=O) groups excluding carboxylic acids is 2. The van der Waals surface area contributed by atoms with Gasteiger partial charge >= 0.3 is 6.09 Å². The van der Waals surface area contributed by atoms with Crippen molar-refractivity contribution in [2.75, 3.05) is 43.0 Å². The Labute approximate surface area is 139 Å². The number of likely N-dealkylation sites (tertiary alicyclic amines) is 1. The lowest BCUT2D eigenvalue weighted by atomic mass is 9.89. The van der Waals surface area contributed by atoms with Crippen molar-refractivity contribution in [3.05, 3.63) is 23.8 Å². The van der Waals surface area contributed by atoms with E-state index in [9.17, 15) is 9.59 Å². The molecule has 0 aliphatic carbocycles.